The first-order chi connectivity index (χ1) is 14.1. The molecular weight excluding hydrogens is 382 g/mol. The molecule has 1 heterocycles. The molecule has 6 nitrogen and oxygen atoms in total. The highest BCUT2D eigenvalue weighted by molar-refractivity contribution is 7.99. The molecule has 0 aliphatic heterocycles. The second-order valence-electron chi connectivity index (χ2n) is 8.26. The van der Waals surface area contributed by atoms with Crippen LogP contribution in [0.15, 0.2) is 35.5 Å². The number of carbonyl (C=O) groups is 1. The minimum atomic E-state index is -0.762. The summed E-state index contributed by atoms with van der Waals surface area (Å²) in [7, 11) is 0. The Hall–Kier alpha value is -2.33. The summed E-state index contributed by atoms with van der Waals surface area (Å²) in [6, 6.07) is 12.3. The third-order valence-corrected chi connectivity index (χ3v) is 6.78. The zero-order valence-corrected chi connectivity index (χ0v) is 17.6. The Morgan fingerprint density at radius 2 is 1.97 bits per heavy atom. The summed E-state index contributed by atoms with van der Waals surface area (Å²) < 4.78 is 1.94. The molecule has 1 unspecified atom stereocenters. The van der Waals surface area contributed by atoms with Gasteiger partial charge in [-0.15, -0.1) is 5.10 Å². The molecule has 1 N–H and O–H groups in total. The van der Waals surface area contributed by atoms with E-state index in [1.54, 1.807) is 0 Å². The maximum atomic E-state index is 12.4. The van der Waals surface area contributed by atoms with E-state index in [0.717, 1.165) is 37.2 Å². The zero-order valence-electron chi connectivity index (χ0n) is 16.8. The molecule has 1 amide bonds. The highest BCUT2D eigenvalue weighted by atomic mass is 32.2. The lowest BCUT2D eigenvalue weighted by Gasteiger charge is -2.22. The van der Waals surface area contributed by atoms with Crippen molar-refractivity contribution in [2.24, 2.45) is 5.92 Å². The minimum absolute atomic E-state index is 0.138. The first-order valence-corrected chi connectivity index (χ1v) is 11.4. The number of benzene rings is 1. The van der Waals surface area contributed by atoms with Crippen molar-refractivity contribution in [2.75, 3.05) is 5.75 Å². The van der Waals surface area contributed by atoms with Gasteiger partial charge in [0, 0.05) is 5.92 Å². The molecule has 7 heteroatoms. The Kier molecular flexibility index (Phi) is 5.91. The van der Waals surface area contributed by atoms with Gasteiger partial charge in [-0.05, 0) is 50.7 Å². The van der Waals surface area contributed by atoms with Crippen LogP contribution in [0.25, 0.3) is 5.69 Å². The molecule has 0 saturated heterocycles. The topological polar surface area (TPSA) is 83.6 Å². The maximum Gasteiger partial charge on any atom is 0.231 e. The fraction of sp³-hybridized carbons (Fsp3) is 0.545. The van der Waals surface area contributed by atoms with Crippen molar-refractivity contribution in [3.05, 3.63) is 36.2 Å². The van der Waals surface area contributed by atoms with E-state index in [-0.39, 0.29) is 17.6 Å². The Bertz CT molecular complexity index is 896. The van der Waals surface area contributed by atoms with Crippen LogP contribution in [-0.2, 0) is 4.79 Å². The van der Waals surface area contributed by atoms with Crippen molar-refractivity contribution < 1.29 is 4.79 Å². The largest absolute Gasteiger partial charge is 0.337 e. The van der Waals surface area contributed by atoms with Crippen molar-refractivity contribution in [2.45, 2.75) is 68.5 Å². The summed E-state index contributed by atoms with van der Waals surface area (Å²) >= 11 is 1.34. The first kappa shape index (κ1) is 20.0. The van der Waals surface area contributed by atoms with Crippen LogP contribution >= 0.6 is 11.8 Å². The highest BCUT2D eigenvalue weighted by Crippen LogP contribution is 2.39. The molecule has 2 aromatic rings. The lowest BCUT2D eigenvalue weighted by molar-refractivity contribution is -0.119. The average molecular weight is 410 g/mol. The Labute approximate surface area is 176 Å². The van der Waals surface area contributed by atoms with Gasteiger partial charge < -0.3 is 5.32 Å². The Morgan fingerprint density at radius 1 is 1.24 bits per heavy atom. The second-order valence-corrected chi connectivity index (χ2v) is 9.20. The van der Waals surface area contributed by atoms with Crippen LogP contribution in [0.3, 0.4) is 0 Å². The van der Waals surface area contributed by atoms with Gasteiger partial charge in [-0.2, -0.15) is 5.26 Å². The first-order valence-electron chi connectivity index (χ1n) is 10.5. The summed E-state index contributed by atoms with van der Waals surface area (Å²) in [5, 5.41) is 17.7. The third-order valence-electron chi connectivity index (χ3n) is 5.94. The molecule has 1 aromatic heterocycles. The summed E-state index contributed by atoms with van der Waals surface area (Å²) in [6.07, 6.45) is 8.03. The van der Waals surface area contributed by atoms with Crippen molar-refractivity contribution in [3.63, 3.8) is 0 Å². The van der Waals surface area contributed by atoms with E-state index in [4.69, 9.17) is 10.1 Å². The van der Waals surface area contributed by atoms with Crippen LogP contribution < -0.4 is 5.32 Å². The molecule has 2 aliphatic rings. The van der Waals surface area contributed by atoms with Gasteiger partial charge in [0.25, 0.3) is 0 Å². The predicted octanol–water partition coefficient (Wildman–Crippen LogP) is 4.22. The SMILES string of the molecule is CC(C#N)(NC(=O)CSc1nc(C2CCCCC2)n(-c2ccccc2)n1)C1CC1. The van der Waals surface area contributed by atoms with Gasteiger partial charge >= 0.3 is 0 Å². The number of para-hydroxylation sites is 1. The molecule has 29 heavy (non-hydrogen) atoms. The number of amides is 1. The van der Waals surface area contributed by atoms with E-state index in [9.17, 15) is 10.1 Å². The van der Waals surface area contributed by atoms with E-state index in [2.05, 4.69) is 11.4 Å². The number of carbonyl (C=O) groups excluding carboxylic acids is 1. The van der Waals surface area contributed by atoms with Gasteiger partial charge in [0.2, 0.25) is 11.1 Å². The van der Waals surface area contributed by atoms with Crippen molar-refractivity contribution >= 4 is 17.7 Å². The molecule has 1 aromatic carbocycles. The Morgan fingerprint density at radius 3 is 2.62 bits per heavy atom. The molecular formula is C22H27N5OS. The fourth-order valence-corrected chi connectivity index (χ4v) is 4.72. The minimum Gasteiger partial charge on any atom is -0.337 e. The van der Waals surface area contributed by atoms with Crippen LogP contribution in [0.4, 0.5) is 0 Å². The molecule has 2 aliphatic carbocycles. The number of nitriles is 1. The van der Waals surface area contributed by atoms with Gasteiger partial charge in [-0.3, -0.25) is 4.79 Å². The molecule has 0 radical (unpaired) electrons. The molecule has 2 fully saturated rings. The second kappa shape index (κ2) is 8.58. The monoisotopic (exact) mass is 409 g/mol. The number of aromatic nitrogens is 3. The zero-order chi connectivity index (χ0) is 20.3. The number of thioether (sulfide) groups is 1. The predicted molar refractivity (Wildman–Crippen MR) is 113 cm³/mol. The van der Waals surface area contributed by atoms with Crippen molar-refractivity contribution in [3.8, 4) is 11.8 Å². The number of nitrogens with one attached hydrogen (secondary N) is 1. The van der Waals surface area contributed by atoms with E-state index >= 15 is 0 Å². The van der Waals surface area contributed by atoms with Gasteiger partial charge in [-0.1, -0.05) is 49.2 Å². The van der Waals surface area contributed by atoms with Crippen LogP contribution in [0, 0.1) is 17.2 Å². The maximum absolute atomic E-state index is 12.4. The normalized spacial score (nSPS) is 19.3. The van der Waals surface area contributed by atoms with Gasteiger partial charge in [0.05, 0.1) is 17.5 Å². The molecule has 4 rings (SSSR count). The lowest BCUT2D eigenvalue weighted by Crippen LogP contribution is -2.47. The number of rotatable bonds is 7. The number of hydrogen-bond acceptors (Lipinski definition) is 5. The summed E-state index contributed by atoms with van der Waals surface area (Å²) in [6.45, 7) is 1.82. The quantitative estimate of drug-likeness (QED) is 0.692. The van der Waals surface area contributed by atoms with E-state index in [0.29, 0.717) is 11.1 Å². The van der Waals surface area contributed by atoms with Crippen LogP contribution in [-0.4, -0.2) is 32.0 Å². The molecule has 0 bridgehead atoms. The van der Waals surface area contributed by atoms with Crippen LogP contribution in [0.2, 0.25) is 0 Å². The van der Waals surface area contributed by atoms with Gasteiger partial charge in [-0.25, -0.2) is 9.67 Å². The molecule has 1 atom stereocenters. The van der Waals surface area contributed by atoms with Gasteiger partial charge in [0.15, 0.2) is 0 Å². The van der Waals surface area contributed by atoms with Gasteiger partial charge in [0.1, 0.15) is 11.4 Å². The average Bonchev–Trinajstić information content (AvgIpc) is 3.54. The van der Waals surface area contributed by atoms with Crippen LogP contribution in [0.5, 0.6) is 0 Å². The third kappa shape index (κ3) is 4.64. The summed E-state index contributed by atoms with van der Waals surface area (Å²) in [5.41, 5.74) is 0.240. The van der Waals surface area contributed by atoms with Crippen molar-refractivity contribution in [1.29, 1.82) is 5.26 Å². The van der Waals surface area contributed by atoms with E-state index < -0.39 is 5.54 Å². The molecule has 152 valence electrons. The van der Waals surface area contributed by atoms with E-state index in [1.807, 2.05) is 41.9 Å². The lowest BCUT2D eigenvalue weighted by atomic mass is 9.88. The number of hydrogen-bond donors (Lipinski definition) is 1. The molecule has 2 saturated carbocycles. The van der Waals surface area contributed by atoms with Crippen molar-refractivity contribution in [1.82, 2.24) is 20.1 Å². The fourth-order valence-electron chi connectivity index (χ4n) is 4.09. The van der Waals surface area contributed by atoms with Crippen LogP contribution in [0.1, 0.15) is 63.6 Å². The highest BCUT2D eigenvalue weighted by Gasteiger charge is 2.43. The van der Waals surface area contributed by atoms with E-state index in [1.165, 1.54) is 31.0 Å². The standard InChI is InChI=1S/C22H27N5OS/c1-22(15-23,17-12-13-17)25-19(28)14-29-21-24-20(16-8-4-2-5-9-16)27(26-21)18-10-6-3-7-11-18/h3,6-7,10-11,16-17H,2,4-5,8-9,12-14H2,1H3,(H,25,28). The summed E-state index contributed by atoms with van der Waals surface area (Å²) in [5.74, 6) is 1.76. The smallest absolute Gasteiger partial charge is 0.231 e. The number of nitrogens with zero attached hydrogens (tertiary/aromatic N) is 4. The molecule has 0 spiro atoms. The summed E-state index contributed by atoms with van der Waals surface area (Å²) in [4.78, 5) is 17.3. The Balaban J connectivity index is 1.48.